The number of amides is 1. The number of aromatic amines is 1. The lowest BCUT2D eigenvalue weighted by molar-refractivity contribution is 0.0786. The van der Waals surface area contributed by atoms with E-state index in [2.05, 4.69) is 35.1 Å². The molecule has 3 aromatic heterocycles. The van der Waals surface area contributed by atoms with Crippen LogP contribution >= 0.6 is 0 Å². The van der Waals surface area contributed by atoms with Crippen molar-refractivity contribution in [3.05, 3.63) is 59.5 Å². The molecule has 0 aliphatic carbocycles. The standard InChI is InChI=1S/C22H24N6O/c1-14-4-5-15-12-19(25-18(15)11-14)22(29)27-9-6-16(13-27)20-17-3-2-8-24-21(17)28(26-20)10-7-23/h2-5,8,11-12,16,25H,6-7,9-10,13,23H2,1H3/t16-/m1/s1. The lowest BCUT2D eigenvalue weighted by Gasteiger charge is -2.15. The number of hydrogen-bond donors (Lipinski definition) is 2. The summed E-state index contributed by atoms with van der Waals surface area (Å²) in [7, 11) is 0. The van der Waals surface area contributed by atoms with Crippen molar-refractivity contribution in [1.82, 2.24) is 24.6 Å². The second kappa shape index (κ2) is 7.00. The van der Waals surface area contributed by atoms with Gasteiger partial charge >= 0.3 is 0 Å². The molecule has 0 spiro atoms. The van der Waals surface area contributed by atoms with Crippen LogP contribution in [0.25, 0.3) is 21.9 Å². The van der Waals surface area contributed by atoms with Gasteiger partial charge in [0.15, 0.2) is 5.65 Å². The first-order valence-corrected chi connectivity index (χ1v) is 10.0. The van der Waals surface area contributed by atoms with Gasteiger partial charge in [-0.05, 0) is 43.2 Å². The Bertz CT molecular complexity index is 1210. The van der Waals surface area contributed by atoms with Crippen molar-refractivity contribution in [2.75, 3.05) is 19.6 Å². The molecule has 0 saturated carbocycles. The normalized spacial score (nSPS) is 16.9. The third-order valence-corrected chi connectivity index (χ3v) is 5.75. The quantitative estimate of drug-likeness (QED) is 0.562. The number of aromatic nitrogens is 4. The Balaban J connectivity index is 1.41. The van der Waals surface area contributed by atoms with Crippen LogP contribution in [0.15, 0.2) is 42.6 Å². The van der Waals surface area contributed by atoms with Crippen LogP contribution < -0.4 is 5.73 Å². The summed E-state index contributed by atoms with van der Waals surface area (Å²) in [5.41, 5.74) is 10.4. The summed E-state index contributed by atoms with van der Waals surface area (Å²) in [4.78, 5) is 22.8. The van der Waals surface area contributed by atoms with E-state index in [1.807, 2.05) is 27.8 Å². The van der Waals surface area contributed by atoms with Crippen LogP contribution in [0.2, 0.25) is 0 Å². The number of carbonyl (C=O) groups excluding carboxylic acids is 1. The second-order valence-electron chi connectivity index (χ2n) is 7.78. The average Bonchev–Trinajstić information content (AvgIpc) is 3.44. The molecular weight excluding hydrogens is 364 g/mol. The summed E-state index contributed by atoms with van der Waals surface area (Å²) in [6, 6.07) is 12.1. The molecule has 1 aromatic carbocycles. The van der Waals surface area contributed by atoms with Crippen LogP contribution in [0.1, 0.15) is 34.1 Å². The molecule has 4 aromatic rings. The molecule has 148 valence electrons. The topological polar surface area (TPSA) is 92.8 Å². The molecule has 1 aliphatic rings. The molecular formula is C22H24N6O. The highest BCUT2D eigenvalue weighted by Gasteiger charge is 2.31. The van der Waals surface area contributed by atoms with Crippen molar-refractivity contribution in [2.45, 2.75) is 25.8 Å². The zero-order valence-electron chi connectivity index (χ0n) is 16.4. The SMILES string of the molecule is Cc1ccc2cc(C(=O)N3CC[C@@H](c4nn(CCN)c5ncccc45)C3)[nH]c2c1. The van der Waals surface area contributed by atoms with Gasteiger partial charge in [-0.1, -0.05) is 12.1 Å². The smallest absolute Gasteiger partial charge is 0.270 e. The summed E-state index contributed by atoms with van der Waals surface area (Å²) >= 11 is 0. The van der Waals surface area contributed by atoms with Gasteiger partial charge in [0.2, 0.25) is 0 Å². The van der Waals surface area contributed by atoms with Crippen LogP contribution in [0.5, 0.6) is 0 Å². The summed E-state index contributed by atoms with van der Waals surface area (Å²) in [5.74, 6) is 0.251. The molecule has 1 saturated heterocycles. The molecule has 4 heterocycles. The lowest BCUT2D eigenvalue weighted by atomic mass is 10.0. The van der Waals surface area contributed by atoms with Crippen LogP contribution in [0.4, 0.5) is 0 Å². The number of rotatable bonds is 4. The zero-order chi connectivity index (χ0) is 20.0. The summed E-state index contributed by atoms with van der Waals surface area (Å²) in [6.07, 6.45) is 2.68. The minimum Gasteiger partial charge on any atom is -0.351 e. The lowest BCUT2D eigenvalue weighted by Crippen LogP contribution is -2.28. The maximum Gasteiger partial charge on any atom is 0.270 e. The van der Waals surface area contributed by atoms with Crippen molar-refractivity contribution in [3.8, 4) is 0 Å². The fourth-order valence-electron chi connectivity index (χ4n) is 4.31. The maximum atomic E-state index is 13.1. The number of hydrogen-bond acceptors (Lipinski definition) is 4. The molecule has 1 atom stereocenters. The summed E-state index contributed by atoms with van der Waals surface area (Å²) in [6.45, 7) is 4.59. The predicted molar refractivity (Wildman–Crippen MR) is 113 cm³/mol. The fourth-order valence-corrected chi connectivity index (χ4v) is 4.31. The maximum absolute atomic E-state index is 13.1. The molecule has 1 aliphatic heterocycles. The van der Waals surface area contributed by atoms with Crippen LogP contribution in [0, 0.1) is 6.92 Å². The number of nitrogens with two attached hydrogens (primary N) is 1. The Labute approximate surface area is 168 Å². The molecule has 1 fully saturated rings. The van der Waals surface area contributed by atoms with E-state index in [9.17, 15) is 4.79 Å². The van der Waals surface area contributed by atoms with E-state index < -0.39 is 0 Å². The molecule has 0 radical (unpaired) electrons. The Morgan fingerprint density at radius 2 is 2.21 bits per heavy atom. The van der Waals surface area contributed by atoms with Gasteiger partial charge in [0, 0.05) is 48.0 Å². The minimum atomic E-state index is 0.0465. The van der Waals surface area contributed by atoms with E-state index in [4.69, 9.17) is 10.8 Å². The Morgan fingerprint density at radius 3 is 3.07 bits per heavy atom. The van der Waals surface area contributed by atoms with Gasteiger partial charge in [0.25, 0.3) is 5.91 Å². The second-order valence-corrected chi connectivity index (χ2v) is 7.78. The molecule has 7 nitrogen and oxygen atoms in total. The van der Waals surface area contributed by atoms with Crippen molar-refractivity contribution < 1.29 is 4.79 Å². The molecule has 0 unspecified atom stereocenters. The highest BCUT2D eigenvalue weighted by atomic mass is 16.2. The number of fused-ring (bicyclic) bond motifs is 2. The van der Waals surface area contributed by atoms with E-state index in [0.717, 1.165) is 40.6 Å². The first kappa shape index (κ1) is 17.9. The molecule has 0 bridgehead atoms. The third-order valence-electron chi connectivity index (χ3n) is 5.75. The van der Waals surface area contributed by atoms with Crippen molar-refractivity contribution >= 4 is 27.8 Å². The average molecular weight is 388 g/mol. The van der Waals surface area contributed by atoms with Gasteiger partial charge in [-0.25, -0.2) is 9.67 Å². The van der Waals surface area contributed by atoms with Crippen LogP contribution in [0.3, 0.4) is 0 Å². The number of H-pyrrole nitrogens is 1. The number of likely N-dealkylation sites (tertiary alicyclic amines) is 1. The number of carbonyl (C=O) groups is 1. The highest BCUT2D eigenvalue weighted by Crippen LogP contribution is 2.32. The molecule has 7 heteroatoms. The van der Waals surface area contributed by atoms with Gasteiger partial charge in [-0.3, -0.25) is 4.79 Å². The van der Waals surface area contributed by atoms with Gasteiger partial charge < -0.3 is 15.6 Å². The van der Waals surface area contributed by atoms with Gasteiger partial charge in [0.1, 0.15) is 5.69 Å². The fraction of sp³-hybridized carbons (Fsp3) is 0.318. The Morgan fingerprint density at radius 1 is 1.31 bits per heavy atom. The molecule has 5 rings (SSSR count). The minimum absolute atomic E-state index is 0.0465. The summed E-state index contributed by atoms with van der Waals surface area (Å²) in [5, 5.41) is 6.92. The third kappa shape index (κ3) is 3.07. The number of aryl methyl sites for hydroxylation is 1. The number of nitrogens with zero attached hydrogens (tertiary/aromatic N) is 4. The van der Waals surface area contributed by atoms with Gasteiger partial charge in [-0.2, -0.15) is 5.10 Å². The molecule has 1 amide bonds. The molecule has 29 heavy (non-hydrogen) atoms. The largest absolute Gasteiger partial charge is 0.351 e. The number of pyridine rings is 1. The monoisotopic (exact) mass is 388 g/mol. The van der Waals surface area contributed by atoms with E-state index in [0.29, 0.717) is 25.3 Å². The van der Waals surface area contributed by atoms with E-state index in [1.54, 1.807) is 6.20 Å². The highest BCUT2D eigenvalue weighted by molar-refractivity contribution is 5.98. The van der Waals surface area contributed by atoms with E-state index in [-0.39, 0.29) is 11.8 Å². The Kier molecular flexibility index (Phi) is 4.32. The van der Waals surface area contributed by atoms with Crippen molar-refractivity contribution in [1.29, 1.82) is 0 Å². The molecule has 3 N–H and O–H groups in total. The van der Waals surface area contributed by atoms with E-state index >= 15 is 0 Å². The number of benzene rings is 1. The Hall–Kier alpha value is -3.19. The van der Waals surface area contributed by atoms with Gasteiger partial charge in [0.05, 0.1) is 12.2 Å². The van der Waals surface area contributed by atoms with Crippen LogP contribution in [-0.2, 0) is 6.54 Å². The van der Waals surface area contributed by atoms with Crippen LogP contribution in [-0.4, -0.2) is 50.2 Å². The first-order valence-electron chi connectivity index (χ1n) is 10.0. The van der Waals surface area contributed by atoms with Gasteiger partial charge in [-0.15, -0.1) is 0 Å². The van der Waals surface area contributed by atoms with Crippen molar-refractivity contribution in [2.24, 2.45) is 5.73 Å². The predicted octanol–water partition coefficient (Wildman–Crippen LogP) is 2.81. The summed E-state index contributed by atoms with van der Waals surface area (Å²) < 4.78 is 1.88. The number of nitrogens with one attached hydrogen (secondary N) is 1. The van der Waals surface area contributed by atoms with Crippen molar-refractivity contribution in [3.63, 3.8) is 0 Å². The first-order chi connectivity index (χ1) is 14.1. The zero-order valence-corrected chi connectivity index (χ0v) is 16.4. The van der Waals surface area contributed by atoms with E-state index in [1.165, 1.54) is 5.56 Å².